The molecule has 0 bridgehead atoms. The average Bonchev–Trinajstić information content (AvgIpc) is 4.12. The molecule has 21 heteroatoms. The van der Waals surface area contributed by atoms with Crippen molar-refractivity contribution in [1.82, 2.24) is 35.1 Å². The number of imide groups is 1. The molecule has 2 aromatic heterocycles. The lowest BCUT2D eigenvalue weighted by atomic mass is 10.0. The van der Waals surface area contributed by atoms with Crippen molar-refractivity contribution in [3.63, 3.8) is 0 Å². The summed E-state index contributed by atoms with van der Waals surface area (Å²) in [5.41, 5.74) is 4.23. The van der Waals surface area contributed by atoms with Gasteiger partial charge in [-0.1, -0.05) is 32.4 Å². The zero-order chi connectivity index (χ0) is 48.3. The maximum atomic E-state index is 13.0. The van der Waals surface area contributed by atoms with Gasteiger partial charge in [0.05, 0.1) is 90.0 Å². The molecule has 0 radical (unpaired) electrons. The maximum absolute atomic E-state index is 13.0. The highest BCUT2D eigenvalue weighted by molar-refractivity contribution is 6.07. The number of carbonyl (C=O) groups is 5. The van der Waals surface area contributed by atoms with Gasteiger partial charge < -0.3 is 54.3 Å². The monoisotopic (exact) mass is 947 g/mol. The number of carbonyl (C=O) groups excluding carboxylic acids is 5. The number of aromatic nitrogens is 4. The maximum Gasteiger partial charge on any atom is 0.293 e. The number of methoxy groups -OCH3 is 1. The predicted octanol–water partition coefficient (Wildman–Crippen LogP) is 4.76. The summed E-state index contributed by atoms with van der Waals surface area (Å²) in [6.07, 6.45) is 9.16. The second kappa shape index (κ2) is 22.9. The summed E-state index contributed by atoms with van der Waals surface area (Å²) in [6, 6.07) is 9.69. The summed E-state index contributed by atoms with van der Waals surface area (Å²) in [5.74, 6) is 0.317. The number of imidazole rings is 1. The van der Waals surface area contributed by atoms with Crippen LogP contribution in [0.1, 0.15) is 96.3 Å². The molecular weight excluding hydrogens is 891 g/mol. The first-order valence-corrected chi connectivity index (χ1v) is 23.4. The molecule has 0 spiro atoms. The highest BCUT2D eigenvalue weighted by Crippen LogP contribution is 2.46. The minimum atomic E-state index is -0.737. The van der Waals surface area contributed by atoms with Crippen LogP contribution in [0.25, 0.3) is 10.5 Å². The Balaban J connectivity index is 0.680. The molecule has 21 nitrogen and oxygen atoms in total. The number of nitrogens with one attached hydrogen (secondary N) is 4. The molecule has 8 rings (SSSR count). The molecule has 2 atom stereocenters. The van der Waals surface area contributed by atoms with Crippen LogP contribution in [0.3, 0.4) is 0 Å². The summed E-state index contributed by atoms with van der Waals surface area (Å²) < 4.78 is 29.9. The van der Waals surface area contributed by atoms with E-state index in [1.54, 1.807) is 48.9 Å². The minimum absolute atomic E-state index is 0.0403. The van der Waals surface area contributed by atoms with E-state index in [9.17, 15) is 24.0 Å². The van der Waals surface area contributed by atoms with Gasteiger partial charge in [-0.15, -0.1) is 4.98 Å². The minimum Gasteiger partial charge on any atom is -0.495 e. The average molecular weight is 948 g/mol. The molecular formula is C48H57N11O10. The van der Waals surface area contributed by atoms with E-state index in [1.807, 2.05) is 4.57 Å². The van der Waals surface area contributed by atoms with Gasteiger partial charge in [-0.3, -0.25) is 33.9 Å². The molecule has 1 saturated heterocycles. The first kappa shape index (κ1) is 48.5. The third-order valence-electron chi connectivity index (χ3n) is 12.6. The third kappa shape index (κ3) is 11.2. The molecule has 364 valence electrons. The number of piperidine rings is 1. The number of hydrogen-bond donors (Lipinski definition) is 4. The Morgan fingerprint density at radius 2 is 1.65 bits per heavy atom. The number of nitrogens with zero attached hydrogens (tertiary/aromatic N) is 7. The van der Waals surface area contributed by atoms with Gasteiger partial charge in [0.2, 0.25) is 23.7 Å². The molecule has 4 aromatic rings. The van der Waals surface area contributed by atoms with Crippen LogP contribution in [0.2, 0.25) is 0 Å². The van der Waals surface area contributed by atoms with Crippen LogP contribution in [0, 0.1) is 6.57 Å². The Labute approximate surface area is 399 Å². The predicted molar refractivity (Wildman–Crippen MR) is 251 cm³/mol. The number of fused-ring (bicyclic) bond motifs is 4. The smallest absolute Gasteiger partial charge is 0.293 e. The van der Waals surface area contributed by atoms with Crippen LogP contribution in [0.15, 0.2) is 48.9 Å². The fourth-order valence-electron chi connectivity index (χ4n) is 9.24. The zero-order valence-corrected chi connectivity index (χ0v) is 38.8. The molecule has 69 heavy (non-hydrogen) atoms. The standard InChI is InChI=1S/C48H57N11O10/c1-4-36-42-43(49-2)52-29-58(42)38-27-51-48(56-44(38)59(36)31-8-5-6-9-31)54-35-13-12-30(26-39(35)65-3)45(62)50-17-19-67-21-23-69-25-24-68-22-20-66-18-16-41(61)53-34-11-7-10-32-33(34)28-57(47(32)64)37-14-15-40(60)55-46(37)63/h7,10-13,26-27,29,31,36-37H,4-6,8-9,14-25,28H2,1,3H3,(H,50,62)(H,53,61)(H,51,54,56)(H,55,60,63)/t36-,37?/m1/s1. The number of anilines is 4. The fraction of sp³-hybridized carbons (Fsp3) is 0.479. The highest BCUT2D eigenvalue weighted by atomic mass is 16.6. The fourth-order valence-corrected chi connectivity index (χ4v) is 9.24. The lowest BCUT2D eigenvalue weighted by molar-refractivity contribution is -0.137. The summed E-state index contributed by atoms with van der Waals surface area (Å²) in [4.78, 5) is 84.3. The Kier molecular flexibility index (Phi) is 16.1. The van der Waals surface area contributed by atoms with Crippen molar-refractivity contribution >= 4 is 58.5 Å². The first-order chi connectivity index (χ1) is 33.7. The molecule has 2 aromatic carbocycles. The normalized spacial score (nSPS) is 17.5. The molecule has 5 heterocycles. The van der Waals surface area contributed by atoms with Crippen molar-refractivity contribution in [3.8, 4) is 11.4 Å². The Hall–Kier alpha value is -6.99. The lowest BCUT2D eigenvalue weighted by Crippen LogP contribution is -2.52. The van der Waals surface area contributed by atoms with E-state index in [0.29, 0.717) is 97.8 Å². The lowest BCUT2D eigenvalue weighted by Gasteiger charge is -2.42. The highest BCUT2D eigenvalue weighted by Gasteiger charge is 2.41. The summed E-state index contributed by atoms with van der Waals surface area (Å²) in [5, 5.41) is 11.3. The van der Waals surface area contributed by atoms with E-state index in [4.69, 9.17) is 35.2 Å². The summed E-state index contributed by atoms with van der Waals surface area (Å²) in [7, 11) is 1.54. The van der Waals surface area contributed by atoms with E-state index < -0.39 is 11.9 Å². The van der Waals surface area contributed by atoms with Gasteiger partial charge in [-0.2, -0.15) is 4.98 Å². The van der Waals surface area contributed by atoms with Crippen LogP contribution in [-0.2, 0) is 39.9 Å². The SMILES string of the molecule is [C-]#[N+]c1ncn2c1[C@@H](CC)N(C1CCCC1)c1nc(Nc3ccc(C(=O)NCCOCCOCCOCCOCCC(=O)Nc4cccc5c4CN(C4CCC(=O)NC4=O)C5=O)cc3OC)ncc1-2. The second-order valence-corrected chi connectivity index (χ2v) is 16.9. The van der Waals surface area contributed by atoms with Gasteiger partial charge in [-0.25, -0.2) is 4.98 Å². The quantitative estimate of drug-likeness (QED) is 0.0446. The van der Waals surface area contributed by atoms with Crippen molar-refractivity contribution in [3.05, 3.63) is 82.7 Å². The number of benzene rings is 2. The van der Waals surface area contributed by atoms with Gasteiger partial charge in [0.15, 0.2) is 12.1 Å². The molecule has 1 unspecified atom stereocenters. The Morgan fingerprint density at radius 1 is 0.913 bits per heavy atom. The van der Waals surface area contributed by atoms with Gasteiger partial charge in [0.25, 0.3) is 17.6 Å². The van der Waals surface area contributed by atoms with Crippen LogP contribution < -0.4 is 30.9 Å². The largest absolute Gasteiger partial charge is 0.495 e. The van der Waals surface area contributed by atoms with E-state index in [-0.39, 0.29) is 68.7 Å². The van der Waals surface area contributed by atoms with E-state index in [0.717, 1.165) is 49.3 Å². The number of hydrogen-bond acceptors (Lipinski definition) is 15. The van der Waals surface area contributed by atoms with Gasteiger partial charge in [0, 0.05) is 47.9 Å². The number of amides is 5. The van der Waals surface area contributed by atoms with Gasteiger partial charge in [0.1, 0.15) is 17.5 Å². The van der Waals surface area contributed by atoms with Crippen molar-refractivity contribution < 1.29 is 47.7 Å². The van der Waals surface area contributed by atoms with E-state index >= 15 is 0 Å². The topological polar surface area (TPSA) is 234 Å². The van der Waals surface area contributed by atoms with Crippen LogP contribution >= 0.6 is 0 Å². The second-order valence-electron chi connectivity index (χ2n) is 16.9. The van der Waals surface area contributed by atoms with Crippen LogP contribution in [-0.4, -0.2) is 133 Å². The third-order valence-corrected chi connectivity index (χ3v) is 12.6. The zero-order valence-electron chi connectivity index (χ0n) is 38.8. The molecule has 4 N–H and O–H groups in total. The molecule has 3 aliphatic heterocycles. The van der Waals surface area contributed by atoms with Crippen molar-refractivity contribution in [2.75, 3.05) is 82.0 Å². The molecule has 1 aliphatic carbocycles. The molecule has 1 saturated carbocycles. The summed E-state index contributed by atoms with van der Waals surface area (Å²) >= 11 is 0. The molecule has 4 aliphatic rings. The number of rotatable bonds is 23. The Bertz CT molecular complexity index is 2570. The van der Waals surface area contributed by atoms with Gasteiger partial charge in [-0.05, 0) is 56.0 Å². The molecule has 2 fully saturated rings. The van der Waals surface area contributed by atoms with Crippen LogP contribution in [0.4, 0.5) is 29.0 Å². The first-order valence-electron chi connectivity index (χ1n) is 23.4. The Morgan fingerprint density at radius 3 is 2.36 bits per heavy atom. The van der Waals surface area contributed by atoms with E-state index in [1.165, 1.54) is 12.0 Å². The van der Waals surface area contributed by atoms with Crippen LogP contribution in [0.5, 0.6) is 5.75 Å². The van der Waals surface area contributed by atoms with Crippen molar-refractivity contribution in [2.45, 2.75) is 83.0 Å². The van der Waals surface area contributed by atoms with Gasteiger partial charge >= 0.3 is 0 Å². The van der Waals surface area contributed by atoms with Crippen molar-refractivity contribution in [2.24, 2.45) is 0 Å². The van der Waals surface area contributed by atoms with Crippen molar-refractivity contribution in [1.29, 1.82) is 0 Å². The number of ether oxygens (including phenoxy) is 5. The summed E-state index contributed by atoms with van der Waals surface area (Å²) in [6.45, 7) is 12.8. The molecule has 5 amide bonds. The van der Waals surface area contributed by atoms with E-state index in [2.05, 4.69) is 47.9 Å².